The lowest BCUT2D eigenvalue weighted by molar-refractivity contribution is -0.139. The molecule has 5 aromatic rings. The van der Waals surface area contributed by atoms with Gasteiger partial charge in [-0.25, -0.2) is 14.4 Å². The highest BCUT2D eigenvalue weighted by atomic mass is 16.5. The molecule has 0 N–H and O–H groups in total. The first-order valence-corrected chi connectivity index (χ1v) is 18.6. The van der Waals surface area contributed by atoms with Crippen molar-refractivity contribution in [2.24, 2.45) is 0 Å². The summed E-state index contributed by atoms with van der Waals surface area (Å²) in [6.45, 7) is 15.9. The molecular weight excluding hydrogens is 685 g/mol. The van der Waals surface area contributed by atoms with E-state index in [2.05, 4.69) is 125 Å². The Labute approximate surface area is 323 Å². The number of benzene rings is 5. The third-order valence-electron chi connectivity index (χ3n) is 10.2. The van der Waals surface area contributed by atoms with Crippen molar-refractivity contribution in [1.82, 2.24) is 0 Å². The number of fused-ring (bicyclic) bond motifs is 3. The van der Waals surface area contributed by atoms with E-state index in [1.54, 1.807) is 0 Å². The van der Waals surface area contributed by atoms with Crippen molar-refractivity contribution in [3.8, 4) is 44.5 Å². The molecule has 278 valence electrons. The second-order valence-electron chi connectivity index (χ2n) is 14.2. The molecule has 1 aliphatic carbocycles. The molecule has 0 fully saturated rings. The molecule has 0 saturated carbocycles. The number of hydrogen-bond donors (Lipinski definition) is 0. The van der Waals surface area contributed by atoms with Crippen LogP contribution in [0.5, 0.6) is 0 Å². The van der Waals surface area contributed by atoms with Gasteiger partial charge in [-0.1, -0.05) is 119 Å². The van der Waals surface area contributed by atoms with E-state index in [1.807, 2.05) is 12.1 Å². The third-order valence-corrected chi connectivity index (χ3v) is 10.2. The predicted molar refractivity (Wildman–Crippen MR) is 219 cm³/mol. The lowest BCUT2D eigenvalue weighted by atomic mass is 9.80. The highest BCUT2D eigenvalue weighted by Gasteiger charge is 2.38. The van der Waals surface area contributed by atoms with E-state index in [0.717, 1.165) is 64.6 Å². The van der Waals surface area contributed by atoms with Crippen molar-refractivity contribution < 1.29 is 28.6 Å². The predicted octanol–water partition coefficient (Wildman–Crippen LogP) is 10.5. The van der Waals surface area contributed by atoms with Crippen LogP contribution in [0.3, 0.4) is 0 Å². The Morgan fingerprint density at radius 1 is 0.509 bits per heavy atom. The van der Waals surface area contributed by atoms with Crippen LogP contribution in [0.25, 0.3) is 44.5 Å². The molecule has 0 radical (unpaired) electrons. The SMILES string of the molecule is C=CC(=O)OCCCc1ccc(-c2ccc3c(c2)C(C)(C)c2cc(-c4ccc(COC(=O)C=C)cc4)cc(-c4ccc(CCCOC(=O)C=C)cc4)c2-3)cc1. The fourth-order valence-electron chi connectivity index (χ4n) is 7.16. The number of ether oxygens (including phenoxy) is 3. The van der Waals surface area contributed by atoms with E-state index in [-0.39, 0.29) is 12.0 Å². The summed E-state index contributed by atoms with van der Waals surface area (Å²) in [7, 11) is 0. The fraction of sp³-hybridized carbons (Fsp3) is 0.204. The van der Waals surface area contributed by atoms with Gasteiger partial charge >= 0.3 is 17.9 Å². The lowest BCUT2D eigenvalue weighted by Crippen LogP contribution is -2.15. The van der Waals surface area contributed by atoms with Crippen molar-refractivity contribution >= 4 is 17.9 Å². The molecule has 1 aliphatic rings. The Morgan fingerprint density at radius 3 is 1.51 bits per heavy atom. The highest BCUT2D eigenvalue weighted by molar-refractivity contribution is 5.96. The number of aryl methyl sites for hydroxylation is 2. The van der Waals surface area contributed by atoms with Gasteiger partial charge in [0.1, 0.15) is 6.61 Å². The normalized spacial score (nSPS) is 12.2. The summed E-state index contributed by atoms with van der Waals surface area (Å²) in [5, 5.41) is 0. The van der Waals surface area contributed by atoms with E-state index in [1.165, 1.54) is 51.6 Å². The molecule has 0 amide bonds. The molecule has 0 bridgehead atoms. The summed E-state index contributed by atoms with van der Waals surface area (Å²) >= 11 is 0. The monoisotopic (exact) mass is 730 g/mol. The van der Waals surface area contributed by atoms with Gasteiger partial charge in [-0.05, 0) is 116 Å². The maximum Gasteiger partial charge on any atom is 0.330 e. The summed E-state index contributed by atoms with van der Waals surface area (Å²) in [5.41, 5.74) is 14.7. The van der Waals surface area contributed by atoms with E-state index < -0.39 is 17.9 Å². The van der Waals surface area contributed by atoms with Crippen LogP contribution < -0.4 is 0 Å². The minimum atomic E-state index is -0.447. The lowest BCUT2D eigenvalue weighted by Gasteiger charge is -2.23. The quantitative estimate of drug-likeness (QED) is 0.0435. The first-order valence-electron chi connectivity index (χ1n) is 18.6. The zero-order chi connectivity index (χ0) is 39.0. The zero-order valence-electron chi connectivity index (χ0n) is 31.6. The Bertz CT molecular complexity index is 2220. The average molecular weight is 731 g/mol. The van der Waals surface area contributed by atoms with Crippen molar-refractivity contribution in [3.63, 3.8) is 0 Å². The van der Waals surface area contributed by atoms with Crippen LogP contribution in [0.2, 0.25) is 0 Å². The van der Waals surface area contributed by atoms with Crippen LogP contribution in [0.15, 0.2) is 141 Å². The summed E-state index contributed by atoms with van der Waals surface area (Å²) in [6, 6.07) is 36.9. The van der Waals surface area contributed by atoms with Gasteiger partial charge in [0.15, 0.2) is 0 Å². The molecule has 55 heavy (non-hydrogen) atoms. The summed E-state index contributed by atoms with van der Waals surface area (Å²) in [4.78, 5) is 34.5. The van der Waals surface area contributed by atoms with Crippen molar-refractivity contribution in [2.75, 3.05) is 13.2 Å². The first kappa shape index (κ1) is 38.5. The minimum absolute atomic E-state index is 0.185. The topological polar surface area (TPSA) is 78.9 Å². The molecule has 0 spiro atoms. The number of esters is 3. The Kier molecular flexibility index (Phi) is 12.1. The van der Waals surface area contributed by atoms with E-state index in [9.17, 15) is 14.4 Å². The Morgan fingerprint density at radius 2 is 0.964 bits per heavy atom. The largest absolute Gasteiger partial charge is 0.463 e. The smallest absolute Gasteiger partial charge is 0.330 e. The van der Waals surface area contributed by atoms with Gasteiger partial charge in [-0.2, -0.15) is 0 Å². The van der Waals surface area contributed by atoms with Crippen LogP contribution in [-0.4, -0.2) is 31.1 Å². The maximum absolute atomic E-state index is 11.6. The van der Waals surface area contributed by atoms with Crippen LogP contribution in [0.4, 0.5) is 0 Å². The molecule has 6 rings (SSSR count). The van der Waals surface area contributed by atoms with Gasteiger partial charge < -0.3 is 14.2 Å². The van der Waals surface area contributed by atoms with Crippen LogP contribution in [-0.2, 0) is 53.5 Å². The molecule has 6 heteroatoms. The van der Waals surface area contributed by atoms with Gasteiger partial charge in [0.05, 0.1) is 13.2 Å². The maximum atomic E-state index is 11.6. The minimum Gasteiger partial charge on any atom is -0.463 e. The molecular formula is C49H46O6. The van der Waals surface area contributed by atoms with Gasteiger partial charge in [0, 0.05) is 23.6 Å². The van der Waals surface area contributed by atoms with E-state index >= 15 is 0 Å². The van der Waals surface area contributed by atoms with Crippen LogP contribution in [0, 0.1) is 0 Å². The number of carbonyl (C=O) groups excluding carboxylic acids is 3. The van der Waals surface area contributed by atoms with Gasteiger partial charge in [-0.15, -0.1) is 0 Å². The molecule has 0 aliphatic heterocycles. The van der Waals surface area contributed by atoms with Crippen LogP contribution >= 0.6 is 0 Å². The van der Waals surface area contributed by atoms with Crippen LogP contribution in [0.1, 0.15) is 54.5 Å². The zero-order valence-corrected chi connectivity index (χ0v) is 31.6. The molecule has 0 atom stereocenters. The summed E-state index contributed by atoms with van der Waals surface area (Å²) < 4.78 is 15.6. The molecule has 0 aromatic heterocycles. The molecule has 0 unspecified atom stereocenters. The van der Waals surface area contributed by atoms with Gasteiger partial charge in [0.2, 0.25) is 0 Å². The first-order chi connectivity index (χ1) is 26.6. The second-order valence-corrected chi connectivity index (χ2v) is 14.2. The molecule has 0 saturated heterocycles. The van der Waals surface area contributed by atoms with Gasteiger partial charge in [-0.3, -0.25) is 0 Å². The van der Waals surface area contributed by atoms with E-state index in [0.29, 0.717) is 13.2 Å². The standard InChI is InChI=1S/C49H46O6/c1-6-45(50)53-27-9-11-33-13-19-36(20-14-33)39-25-26-41-43(30-39)49(4,5)44-31-40(37-21-17-35(18-22-37)32-55-47(52)8-3)29-42(48(41)44)38-23-15-34(16-24-38)12-10-28-54-46(51)7-2/h6-8,13-26,29-31H,1-3,9-12,27-28,32H2,4-5H3. The Hall–Kier alpha value is -6.27. The summed E-state index contributed by atoms with van der Waals surface area (Å²) in [5.74, 6) is -1.24. The molecule has 0 heterocycles. The highest BCUT2D eigenvalue weighted by Crippen LogP contribution is 2.54. The molecule has 6 nitrogen and oxygen atoms in total. The fourth-order valence-corrected chi connectivity index (χ4v) is 7.16. The van der Waals surface area contributed by atoms with Crippen molar-refractivity contribution in [3.05, 3.63) is 169 Å². The number of carbonyl (C=O) groups is 3. The second kappa shape index (κ2) is 17.3. The van der Waals surface area contributed by atoms with E-state index in [4.69, 9.17) is 14.2 Å². The number of hydrogen-bond acceptors (Lipinski definition) is 6. The Balaban J connectivity index is 1.32. The average Bonchev–Trinajstić information content (AvgIpc) is 3.45. The van der Waals surface area contributed by atoms with Gasteiger partial charge in [0.25, 0.3) is 0 Å². The third kappa shape index (κ3) is 8.93. The molecule has 5 aromatic carbocycles. The summed E-state index contributed by atoms with van der Waals surface area (Å²) in [6.07, 6.45) is 6.63. The van der Waals surface area contributed by atoms with Crippen molar-refractivity contribution in [1.29, 1.82) is 0 Å². The van der Waals surface area contributed by atoms with Crippen molar-refractivity contribution in [2.45, 2.75) is 51.6 Å². The number of rotatable bonds is 16.